The predicted molar refractivity (Wildman–Crippen MR) is 83.5 cm³/mol. The normalized spacial score (nSPS) is 12.6. The first-order chi connectivity index (χ1) is 9.83. The Hall–Kier alpha value is -2.20. The van der Waals surface area contributed by atoms with E-state index in [0.29, 0.717) is 0 Å². The molecule has 1 aromatic heterocycles. The summed E-state index contributed by atoms with van der Waals surface area (Å²) in [5.74, 6) is 0. The van der Waals surface area contributed by atoms with Crippen molar-refractivity contribution < 1.29 is 0 Å². The maximum absolute atomic E-state index is 5.97. The highest BCUT2D eigenvalue weighted by molar-refractivity contribution is 6.75. The zero-order chi connectivity index (χ0) is 13.5. The van der Waals surface area contributed by atoms with Gasteiger partial charge in [0.15, 0.2) is 0 Å². The SMILES string of the molecule is Clc1ccc(B2Nc3ccccc3-c3ccnn32)cc1. The number of hydrogen-bond acceptors (Lipinski definition) is 2. The molecule has 0 fully saturated rings. The number of halogens is 1. The van der Waals surface area contributed by atoms with Crippen LogP contribution in [0.2, 0.25) is 5.02 Å². The van der Waals surface area contributed by atoms with E-state index in [1.165, 1.54) is 5.56 Å². The lowest BCUT2D eigenvalue weighted by atomic mass is 9.66. The second-order valence-electron chi connectivity index (χ2n) is 4.81. The van der Waals surface area contributed by atoms with Crippen molar-refractivity contribution in [3.05, 3.63) is 65.8 Å². The molecule has 2 aromatic carbocycles. The van der Waals surface area contributed by atoms with Gasteiger partial charge in [-0.25, -0.2) is 0 Å². The lowest BCUT2D eigenvalue weighted by Crippen LogP contribution is -2.48. The smallest absolute Gasteiger partial charge is 0.404 e. The van der Waals surface area contributed by atoms with Crippen molar-refractivity contribution in [1.29, 1.82) is 0 Å². The molecule has 0 amide bonds. The van der Waals surface area contributed by atoms with Gasteiger partial charge >= 0.3 is 6.98 Å². The Morgan fingerprint density at radius 1 is 1.00 bits per heavy atom. The third-order valence-electron chi connectivity index (χ3n) is 3.60. The Bertz CT molecular complexity index is 767. The van der Waals surface area contributed by atoms with Crippen LogP contribution in [0.3, 0.4) is 0 Å². The van der Waals surface area contributed by atoms with Crippen molar-refractivity contribution in [2.75, 3.05) is 5.23 Å². The van der Waals surface area contributed by atoms with E-state index in [0.717, 1.165) is 21.9 Å². The average Bonchev–Trinajstić information content (AvgIpc) is 2.97. The average molecular weight is 280 g/mol. The van der Waals surface area contributed by atoms with Gasteiger partial charge in [0.25, 0.3) is 0 Å². The molecule has 3 nitrogen and oxygen atoms in total. The second kappa shape index (κ2) is 4.42. The lowest BCUT2D eigenvalue weighted by molar-refractivity contribution is 0.963. The molecule has 0 spiro atoms. The molecule has 3 aromatic rings. The molecule has 5 heteroatoms. The minimum absolute atomic E-state index is 0.00725. The fourth-order valence-corrected chi connectivity index (χ4v) is 2.77. The van der Waals surface area contributed by atoms with E-state index >= 15 is 0 Å². The summed E-state index contributed by atoms with van der Waals surface area (Å²) < 4.78 is 2.01. The van der Waals surface area contributed by atoms with Crippen LogP contribution in [0.15, 0.2) is 60.8 Å². The Balaban J connectivity index is 1.87. The quantitative estimate of drug-likeness (QED) is 0.694. The molecule has 1 aliphatic rings. The van der Waals surface area contributed by atoms with Crippen LogP contribution in [-0.4, -0.2) is 16.7 Å². The number of nitrogens with one attached hydrogen (secondary N) is 1. The summed E-state index contributed by atoms with van der Waals surface area (Å²) >= 11 is 5.97. The highest BCUT2D eigenvalue weighted by Gasteiger charge is 2.29. The van der Waals surface area contributed by atoms with Gasteiger partial charge in [-0.05, 0) is 29.7 Å². The van der Waals surface area contributed by atoms with Crippen LogP contribution < -0.4 is 10.7 Å². The van der Waals surface area contributed by atoms with Gasteiger partial charge in [0.2, 0.25) is 0 Å². The van der Waals surface area contributed by atoms with Crippen LogP contribution in [0, 0.1) is 0 Å². The molecule has 4 rings (SSSR count). The van der Waals surface area contributed by atoms with Crippen molar-refractivity contribution >= 4 is 29.7 Å². The summed E-state index contributed by atoms with van der Waals surface area (Å²) in [5.41, 5.74) is 4.56. The van der Waals surface area contributed by atoms with Crippen molar-refractivity contribution in [1.82, 2.24) is 9.69 Å². The minimum atomic E-state index is -0.00725. The Morgan fingerprint density at radius 2 is 1.80 bits per heavy atom. The second-order valence-corrected chi connectivity index (χ2v) is 5.24. The zero-order valence-corrected chi connectivity index (χ0v) is 11.4. The van der Waals surface area contributed by atoms with Gasteiger partial charge in [0, 0.05) is 22.5 Å². The standard InChI is InChI=1S/C15H11BClN3/c17-12-7-5-11(6-8-12)16-19-14-4-2-1-3-13(14)15-9-10-18-20(15)16/h1-10,19H. The molecule has 2 heterocycles. The summed E-state index contributed by atoms with van der Waals surface area (Å²) in [6.45, 7) is -0.00725. The van der Waals surface area contributed by atoms with E-state index in [9.17, 15) is 0 Å². The molecule has 0 unspecified atom stereocenters. The van der Waals surface area contributed by atoms with E-state index in [2.05, 4.69) is 22.5 Å². The van der Waals surface area contributed by atoms with E-state index in [-0.39, 0.29) is 6.98 Å². The summed E-state index contributed by atoms with van der Waals surface area (Å²) in [7, 11) is 0. The third-order valence-corrected chi connectivity index (χ3v) is 3.85. The number of anilines is 1. The monoisotopic (exact) mass is 279 g/mol. The van der Waals surface area contributed by atoms with Gasteiger partial charge in [-0.2, -0.15) is 5.10 Å². The van der Waals surface area contributed by atoms with Crippen molar-refractivity contribution in [2.45, 2.75) is 0 Å². The van der Waals surface area contributed by atoms with Gasteiger partial charge in [0.05, 0.1) is 5.69 Å². The fourth-order valence-electron chi connectivity index (χ4n) is 2.64. The zero-order valence-electron chi connectivity index (χ0n) is 10.6. The molecule has 20 heavy (non-hydrogen) atoms. The Morgan fingerprint density at radius 3 is 2.65 bits per heavy atom. The van der Waals surface area contributed by atoms with Crippen LogP contribution in [0.5, 0.6) is 0 Å². The van der Waals surface area contributed by atoms with Gasteiger partial charge in [-0.1, -0.05) is 41.9 Å². The molecule has 0 saturated heterocycles. The summed E-state index contributed by atoms with van der Waals surface area (Å²) in [6.07, 6.45) is 1.84. The maximum Gasteiger partial charge on any atom is 0.430 e. The summed E-state index contributed by atoms with van der Waals surface area (Å²) in [4.78, 5) is 0. The van der Waals surface area contributed by atoms with Gasteiger partial charge < -0.3 is 5.23 Å². The van der Waals surface area contributed by atoms with Gasteiger partial charge in [-0.3, -0.25) is 4.59 Å². The fraction of sp³-hybridized carbons (Fsp3) is 0. The first-order valence-electron chi connectivity index (χ1n) is 6.48. The van der Waals surface area contributed by atoms with Crippen molar-refractivity contribution in [2.24, 2.45) is 0 Å². The number of fused-ring (bicyclic) bond motifs is 3. The highest BCUT2D eigenvalue weighted by atomic mass is 35.5. The molecule has 96 valence electrons. The molecule has 0 radical (unpaired) electrons. The van der Waals surface area contributed by atoms with E-state index in [4.69, 9.17) is 11.6 Å². The molecule has 0 bridgehead atoms. The molecular weight excluding hydrogens is 268 g/mol. The lowest BCUT2D eigenvalue weighted by Gasteiger charge is -2.26. The van der Waals surface area contributed by atoms with Crippen LogP contribution in [0.4, 0.5) is 5.69 Å². The number of hydrogen-bond donors (Lipinski definition) is 1. The number of benzene rings is 2. The number of nitrogens with zero attached hydrogens (tertiary/aromatic N) is 2. The first kappa shape index (κ1) is 11.6. The van der Waals surface area contributed by atoms with E-state index in [1.807, 2.05) is 53.3 Å². The summed E-state index contributed by atoms with van der Waals surface area (Å²) in [6, 6.07) is 18.2. The van der Waals surface area contributed by atoms with Crippen molar-refractivity contribution in [3.63, 3.8) is 0 Å². The molecule has 0 atom stereocenters. The van der Waals surface area contributed by atoms with Crippen LogP contribution in [0.1, 0.15) is 0 Å². The number of aromatic nitrogens is 2. The topological polar surface area (TPSA) is 29.9 Å². The van der Waals surface area contributed by atoms with Crippen LogP contribution in [-0.2, 0) is 0 Å². The largest absolute Gasteiger partial charge is 0.430 e. The molecule has 1 N–H and O–H groups in total. The van der Waals surface area contributed by atoms with Crippen LogP contribution in [0.25, 0.3) is 11.3 Å². The van der Waals surface area contributed by atoms with Crippen molar-refractivity contribution in [3.8, 4) is 11.3 Å². The Labute approximate surface area is 122 Å². The molecular formula is C15H11BClN3. The number of rotatable bonds is 1. The van der Waals surface area contributed by atoms with E-state index < -0.39 is 0 Å². The third kappa shape index (κ3) is 1.73. The molecule has 0 aliphatic carbocycles. The molecule has 0 saturated carbocycles. The minimum Gasteiger partial charge on any atom is -0.404 e. The number of para-hydroxylation sites is 1. The molecule has 1 aliphatic heterocycles. The Kier molecular flexibility index (Phi) is 2.57. The first-order valence-corrected chi connectivity index (χ1v) is 6.86. The highest BCUT2D eigenvalue weighted by Crippen LogP contribution is 2.31. The van der Waals surface area contributed by atoms with Crippen LogP contribution >= 0.6 is 11.6 Å². The van der Waals surface area contributed by atoms with Gasteiger partial charge in [0.1, 0.15) is 0 Å². The van der Waals surface area contributed by atoms with E-state index in [1.54, 1.807) is 0 Å². The van der Waals surface area contributed by atoms with Gasteiger partial charge in [-0.15, -0.1) is 0 Å². The maximum atomic E-state index is 5.97. The summed E-state index contributed by atoms with van der Waals surface area (Å²) in [5, 5.41) is 8.73. The predicted octanol–water partition coefficient (Wildman–Crippen LogP) is 2.87.